The zero-order chi connectivity index (χ0) is 21.8. The van der Waals surface area contributed by atoms with Gasteiger partial charge in [0.05, 0.1) is 31.0 Å². The van der Waals surface area contributed by atoms with Crippen molar-refractivity contribution in [3.05, 3.63) is 60.0 Å². The number of carbonyl (C=O) groups excluding carboxylic acids is 1. The predicted molar refractivity (Wildman–Crippen MR) is 103 cm³/mol. The van der Waals surface area contributed by atoms with Crippen LogP contribution in [0.5, 0.6) is 0 Å². The molecule has 1 aromatic carbocycles. The summed E-state index contributed by atoms with van der Waals surface area (Å²) in [5.41, 5.74) is 1.25. The van der Waals surface area contributed by atoms with Crippen LogP contribution in [0.15, 0.2) is 47.0 Å². The molecule has 1 aliphatic heterocycles. The number of benzene rings is 1. The number of anilines is 1. The van der Waals surface area contributed by atoms with E-state index in [1.54, 1.807) is 23.1 Å². The Labute approximate surface area is 175 Å². The lowest BCUT2D eigenvalue weighted by molar-refractivity contribution is 0.0548. The van der Waals surface area contributed by atoms with E-state index in [4.69, 9.17) is 9.15 Å². The largest absolute Gasteiger partial charge is 0.415 e. The number of ether oxygens (including phenoxy) is 1. The Morgan fingerprint density at radius 2 is 1.97 bits per heavy atom. The molecule has 3 heterocycles. The zero-order valence-electron chi connectivity index (χ0n) is 16.2. The number of morpholine rings is 1. The molecule has 1 fully saturated rings. The summed E-state index contributed by atoms with van der Waals surface area (Å²) in [7, 11) is 0. The van der Waals surface area contributed by atoms with Gasteiger partial charge in [-0.1, -0.05) is 6.07 Å². The van der Waals surface area contributed by atoms with Crippen molar-refractivity contribution < 1.29 is 27.1 Å². The summed E-state index contributed by atoms with van der Waals surface area (Å²) >= 11 is 0. The summed E-state index contributed by atoms with van der Waals surface area (Å²) in [6, 6.07) is 8.63. The lowest BCUT2D eigenvalue weighted by Gasteiger charge is -2.33. The number of nitrogens with zero attached hydrogens (tertiary/aromatic N) is 5. The normalized spacial score (nSPS) is 14.1. The lowest BCUT2D eigenvalue weighted by Crippen LogP contribution is -2.48. The molecule has 0 N–H and O–H groups in total. The fourth-order valence-corrected chi connectivity index (χ4v) is 3.08. The molecule has 162 valence electrons. The van der Waals surface area contributed by atoms with Crippen LogP contribution < -0.4 is 4.90 Å². The van der Waals surface area contributed by atoms with Crippen molar-refractivity contribution >= 4 is 11.7 Å². The molecule has 1 aliphatic rings. The van der Waals surface area contributed by atoms with Gasteiger partial charge >= 0.3 is 12.5 Å². The molecule has 0 atom stereocenters. The van der Waals surface area contributed by atoms with Crippen molar-refractivity contribution in [1.29, 1.82) is 0 Å². The summed E-state index contributed by atoms with van der Waals surface area (Å²) < 4.78 is 49.3. The zero-order valence-corrected chi connectivity index (χ0v) is 16.2. The highest BCUT2D eigenvalue weighted by molar-refractivity contribution is 5.92. The Morgan fingerprint density at radius 3 is 2.61 bits per heavy atom. The van der Waals surface area contributed by atoms with Crippen molar-refractivity contribution in [3.63, 3.8) is 0 Å². The third kappa shape index (κ3) is 4.82. The number of carbonyl (C=O) groups is 1. The molecule has 8 nitrogen and oxygen atoms in total. The minimum absolute atomic E-state index is 0.0754. The fourth-order valence-electron chi connectivity index (χ4n) is 3.08. The number of rotatable bonds is 5. The number of hydrogen-bond donors (Lipinski definition) is 0. The molecule has 0 bridgehead atoms. The van der Waals surface area contributed by atoms with E-state index in [1.165, 1.54) is 29.3 Å². The maximum Gasteiger partial charge on any atom is 0.325 e. The van der Waals surface area contributed by atoms with E-state index < -0.39 is 18.1 Å². The van der Waals surface area contributed by atoms with Gasteiger partial charge in [-0.05, 0) is 30.3 Å². The van der Waals surface area contributed by atoms with Gasteiger partial charge in [0, 0.05) is 25.0 Å². The van der Waals surface area contributed by atoms with Gasteiger partial charge in [0.15, 0.2) is 0 Å². The number of amides is 2. The van der Waals surface area contributed by atoms with E-state index in [-0.39, 0.29) is 18.5 Å². The van der Waals surface area contributed by atoms with Gasteiger partial charge in [-0.3, -0.25) is 9.88 Å². The molecule has 0 spiro atoms. The fraction of sp³-hybridized carbons (Fsp3) is 0.300. The number of aromatic nitrogens is 3. The van der Waals surface area contributed by atoms with Gasteiger partial charge in [-0.25, -0.2) is 9.18 Å². The van der Waals surface area contributed by atoms with Crippen LogP contribution in [0.2, 0.25) is 0 Å². The highest BCUT2D eigenvalue weighted by Crippen LogP contribution is 2.24. The first-order chi connectivity index (χ1) is 15.0. The van der Waals surface area contributed by atoms with Crippen molar-refractivity contribution in [3.8, 4) is 11.5 Å². The smallest absolute Gasteiger partial charge is 0.325 e. The highest BCUT2D eigenvalue weighted by Gasteiger charge is 2.25. The Bertz CT molecular complexity index is 1040. The first-order valence-electron chi connectivity index (χ1n) is 9.48. The molecule has 0 radical (unpaired) electrons. The van der Waals surface area contributed by atoms with Crippen LogP contribution in [0, 0.1) is 5.82 Å². The summed E-state index contributed by atoms with van der Waals surface area (Å²) in [6.45, 7) is 1.80. The molecular formula is C20H18F3N5O3. The second kappa shape index (κ2) is 9.13. The summed E-state index contributed by atoms with van der Waals surface area (Å²) in [5.74, 6) is -1.32. The Balaban J connectivity index is 1.56. The molecule has 31 heavy (non-hydrogen) atoms. The second-order valence-electron chi connectivity index (χ2n) is 6.73. The Hall–Kier alpha value is -3.47. The summed E-state index contributed by atoms with van der Waals surface area (Å²) in [5, 5.41) is 6.87. The number of halogens is 3. The maximum atomic E-state index is 13.8. The molecule has 0 saturated carbocycles. The first kappa shape index (κ1) is 20.8. The topological polar surface area (TPSA) is 84.6 Å². The SMILES string of the molecule is O=C(N1CCOCC1)N(Cc1ccc(-c2nnc(C(F)F)o2)cn1)c1cccc(F)c1. The van der Waals surface area contributed by atoms with Crippen molar-refractivity contribution in [2.75, 3.05) is 31.2 Å². The van der Waals surface area contributed by atoms with Crippen LogP contribution in [-0.2, 0) is 11.3 Å². The third-order valence-electron chi connectivity index (χ3n) is 4.65. The van der Waals surface area contributed by atoms with Gasteiger partial charge < -0.3 is 14.1 Å². The van der Waals surface area contributed by atoms with E-state index in [0.717, 1.165) is 0 Å². The van der Waals surface area contributed by atoms with Crippen LogP contribution in [-0.4, -0.2) is 52.4 Å². The minimum atomic E-state index is -2.86. The maximum absolute atomic E-state index is 13.8. The average molecular weight is 433 g/mol. The molecule has 1 saturated heterocycles. The van der Waals surface area contributed by atoms with Gasteiger partial charge in [0.25, 0.3) is 5.89 Å². The van der Waals surface area contributed by atoms with E-state index in [0.29, 0.717) is 43.2 Å². The van der Waals surface area contributed by atoms with Crippen molar-refractivity contribution in [2.45, 2.75) is 13.0 Å². The average Bonchev–Trinajstić information content (AvgIpc) is 3.29. The van der Waals surface area contributed by atoms with Crippen LogP contribution in [0.1, 0.15) is 18.0 Å². The van der Waals surface area contributed by atoms with Crippen LogP contribution in [0.4, 0.5) is 23.7 Å². The second-order valence-corrected chi connectivity index (χ2v) is 6.73. The van der Waals surface area contributed by atoms with Gasteiger partial charge in [-0.15, -0.1) is 10.2 Å². The number of pyridine rings is 1. The van der Waals surface area contributed by atoms with Crippen molar-refractivity contribution in [2.24, 2.45) is 0 Å². The van der Waals surface area contributed by atoms with Crippen molar-refractivity contribution in [1.82, 2.24) is 20.1 Å². The molecule has 4 rings (SSSR count). The quantitative estimate of drug-likeness (QED) is 0.611. The van der Waals surface area contributed by atoms with E-state index in [9.17, 15) is 18.0 Å². The first-order valence-corrected chi connectivity index (χ1v) is 9.48. The minimum Gasteiger partial charge on any atom is -0.415 e. The van der Waals surface area contributed by atoms with Gasteiger partial charge in [0.2, 0.25) is 5.89 Å². The molecule has 3 aromatic rings. The number of urea groups is 1. The monoisotopic (exact) mass is 433 g/mol. The highest BCUT2D eigenvalue weighted by atomic mass is 19.3. The van der Waals surface area contributed by atoms with Crippen LogP contribution >= 0.6 is 0 Å². The third-order valence-corrected chi connectivity index (χ3v) is 4.65. The Morgan fingerprint density at radius 1 is 1.16 bits per heavy atom. The molecule has 11 heteroatoms. The van der Waals surface area contributed by atoms with Crippen LogP contribution in [0.3, 0.4) is 0 Å². The standard InChI is InChI=1S/C20H18F3N5O3/c21-14-2-1-3-16(10-14)28(20(29)27-6-8-30-9-7-27)12-15-5-4-13(11-24-15)18-25-26-19(31-18)17(22)23/h1-5,10-11,17H,6-9,12H2. The number of hydrogen-bond acceptors (Lipinski definition) is 6. The molecule has 0 aliphatic carbocycles. The Kier molecular flexibility index (Phi) is 6.12. The lowest BCUT2D eigenvalue weighted by atomic mass is 10.2. The molecule has 0 unspecified atom stereocenters. The predicted octanol–water partition coefficient (Wildman–Crippen LogP) is 3.67. The van der Waals surface area contributed by atoms with E-state index in [1.807, 2.05) is 0 Å². The van der Waals surface area contributed by atoms with E-state index in [2.05, 4.69) is 15.2 Å². The molecule has 2 amide bonds. The summed E-state index contributed by atoms with van der Waals surface area (Å²) in [6.07, 6.45) is -1.47. The molecule has 2 aromatic heterocycles. The summed E-state index contributed by atoms with van der Waals surface area (Å²) in [4.78, 5) is 20.5. The van der Waals surface area contributed by atoms with Crippen LogP contribution in [0.25, 0.3) is 11.5 Å². The number of alkyl halides is 2. The molecular weight excluding hydrogens is 415 g/mol. The van der Waals surface area contributed by atoms with Gasteiger partial charge in [-0.2, -0.15) is 8.78 Å². The van der Waals surface area contributed by atoms with E-state index >= 15 is 0 Å². The van der Waals surface area contributed by atoms with Gasteiger partial charge in [0.1, 0.15) is 5.82 Å².